The fourth-order valence-electron chi connectivity index (χ4n) is 10.5. The van der Waals surface area contributed by atoms with Gasteiger partial charge < -0.3 is 4.90 Å². The highest BCUT2D eigenvalue weighted by atomic mass is 32.1. The Kier molecular flexibility index (Phi) is 8.56. The van der Waals surface area contributed by atoms with Crippen molar-refractivity contribution in [1.29, 1.82) is 0 Å². The van der Waals surface area contributed by atoms with Crippen molar-refractivity contribution in [1.82, 2.24) is 4.98 Å². The molecule has 0 unspecified atom stereocenters. The van der Waals surface area contributed by atoms with E-state index in [-0.39, 0.29) is 39.2 Å². The first-order chi connectivity index (χ1) is 27.3. The van der Waals surface area contributed by atoms with Crippen LogP contribution in [-0.4, -0.2) is 11.7 Å². The molecule has 0 atom stereocenters. The van der Waals surface area contributed by atoms with Crippen LogP contribution in [-0.2, 0) is 32.5 Å². The molecule has 0 N–H and O–H groups in total. The summed E-state index contributed by atoms with van der Waals surface area (Å²) in [4.78, 5) is 10.6. The van der Waals surface area contributed by atoms with E-state index in [0.717, 1.165) is 12.2 Å². The van der Waals surface area contributed by atoms with E-state index in [9.17, 15) is 0 Å². The van der Waals surface area contributed by atoms with Gasteiger partial charge in [0.25, 0.3) is 6.71 Å². The minimum absolute atomic E-state index is 0.0143. The lowest BCUT2D eigenvalue weighted by Crippen LogP contribution is -2.60. The highest BCUT2D eigenvalue weighted by molar-refractivity contribution is 7.33. The number of anilines is 6. The molecular formula is C54H64BN3S. The van der Waals surface area contributed by atoms with Crippen molar-refractivity contribution in [2.24, 2.45) is 0 Å². The van der Waals surface area contributed by atoms with E-state index in [4.69, 9.17) is 4.98 Å². The second kappa shape index (κ2) is 12.6. The fourth-order valence-corrected chi connectivity index (χ4v) is 11.8. The number of hydrogen-bond acceptors (Lipinski definition) is 4. The van der Waals surface area contributed by atoms with Crippen molar-refractivity contribution in [3.05, 3.63) is 118 Å². The number of fused-ring (bicyclic) bond motifs is 7. The van der Waals surface area contributed by atoms with Crippen LogP contribution in [0, 0.1) is 0 Å². The van der Waals surface area contributed by atoms with Gasteiger partial charge in [0.05, 0.1) is 5.69 Å². The van der Waals surface area contributed by atoms with Gasteiger partial charge in [-0.25, -0.2) is 4.98 Å². The molecule has 59 heavy (non-hydrogen) atoms. The summed E-state index contributed by atoms with van der Waals surface area (Å²) in [5.74, 6) is 1.04. The quantitative estimate of drug-likeness (QED) is 0.162. The lowest BCUT2D eigenvalue weighted by molar-refractivity contribution is 0.403. The zero-order valence-corrected chi connectivity index (χ0v) is 39.4. The number of aromatic nitrogens is 1. The third-order valence-electron chi connectivity index (χ3n) is 13.7. The second-order valence-corrected chi connectivity index (χ2v) is 24.5. The lowest BCUT2D eigenvalue weighted by atomic mass is 9.36. The Morgan fingerprint density at radius 2 is 1.15 bits per heavy atom. The maximum absolute atomic E-state index is 5.46. The Morgan fingerprint density at radius 1 is 0.559 bits per heavy atom. The Hall–Kier alpha value is -4.35. The van der Waals surface area contributed by atoms with Gasteiger partial charge in [0.15, 0.2) is 0 Å². The molecule has 0 spiro atoms. The van der Waals surface area contributed by atoms with Crippen molar-refractivity contribution < 1.29 is 0 Å². The van der Waals surface area contributed by atoms with Crippen LogP contribution in [0.1, 0.15) is 151 Å². The number of thiophene rings is 1. The summed E-state index contributed by atoms with van der Waals surface area (Å²) in [6.07, 6.45) is 3.20. The van der Waals surface area contributed by atoms with Gasteiger partial charge in [0.1, 0.15) is 5.82 Å². The molecule has 304 valence electrons. The average molecular weight is 798 g/mol. The van der Waals surface area contributed by atoms with Crippen molar-refractivity contribution in [3.63, 3.8) is 0 Å². The Balaban J connectivity index is 1.40. The first-order valence-electron chi connectivity index (χ1n) is 21.9. The Labute approximate surface area is 359 Å². The van der Waals surface area contributed by atoms with Gasteiger partial charge in [-0.15, -0.1) is 11.3 Å². The summed E-state index contributed by atoms with van der Waals surface area (Å²) in [5, 5.41) is 1.32. The number of rotatable bonds is 2. The van der Waals surface area contributed by atoms with E-state index < -0.39 is 0 Å². The summed E-state index contributed by atoms with van der Waals surface area (Å²) in [6.45, 7) is 37.8. The number of pyridine rings is 1. The third kappa shape index (κ3) is 6.31. The predicted octanol–water partition coefficient (Wildman–Crippen LogP) is 13.5. The first-order valence-corrected chi connectivity index (χ1v) is 22.7. The molecule has 0 radical (unpaired) electrons. The second-order valence-electron chi connectivity index (χ2n) is 23.4. The molecular weight excluding hydrogens is 733 g/mol. The zero-order chi connectivity index (χ0) is 42.6. The van der Waals surface area contributed by atoms with E-state index in [2.05, 4.69) is 206 Å². The van der Waals surface area contributed by atoms with E-state index in [0.29, 0.717) is 0 Å². The highest BCUT2D eigenvalue weighted by Gasteiger charge is 2.48. The van der Waals surface area contributed by atoms with Gasteiger partial charge in [-0.1, -0.05) is 141 Å². The van der Waals surface area contributed by atoms with E-state index in [1.165, 1.54) is 87.6 Å². The van der Waals surface area contributed by atoms with Gasteiger partial charge in [-0.05, 0) is 132 Å². The molecule has 5 heteroatoms. The summed E-state index contributed by atoms with van der Waals surface area (Å²) in [5.41, 5.74) is 17.3. The van der Waals surface area contributed by atoms with Gasteiger partial charge in [0.2, 0.25) is 0 Å². The van der Waals surface area contributed by atoms with E-state index in [1.807, 2.05) is 11.3 Å². The summed E-state index contributed by atoms with van der Waals surface area (Å²) < 4.78 is 2.73. The first kappa shape index (κ1) is 40.1. The lowest BCUT2D eigenvalue weighted by Gasteiger charge is -2.43. The molecule has 0 fully saturated rings. The monoisotopic (exact) mass is 797 g/mol. The molecule has 9 rings (SSSR count). The smallest absolute Gasteiger partial charge is 0.266 e. The zero-order valence-electron chi connectivity index (χ0n) is 38.6. The molecule has 0 bridgehead atoms. The molecule has 0 amide bonds. The number of benzene rings is 4. The summed E-state index contributed by atoms with van der Waals surface area (Å²) >= 11 is 1.98. The standard InChI is InChI=1S/C54H64BN3S/c1-49(2,3)32-18-22-44-38(28-32)46-47(59-44)55-41-21-17-33(50(4,5)6)29-43(41)57(37-26-34(51(7,8)9)25-35(27-37)52(10,11)12)42-23-24-56-48(45(42)55)58(46)36-19-20-39-40(30-36)54(15,16)31-53(39,13)14/h17-30H,31H2,1-16H3. The molecule has 0 saturated heterocycles. The topological polar surface area (TPSA) is 19.4 Å². The Morgan fingerprint density at radius 3 is 1.78 bits per heavy atom. The predicted molar refractivity (Wildman–Crippen MR) is 259 cm³/mol. The van der Waals surface area contributed by atoms with Gasteiger partial charge in [-0.3, -0.25) is 4.90 Å². The number of hydrogen-bond donors (Lipinski definition) is 0. The highest BCUT2D eigenvalue weighted by Crippen LogP contribution is 2.53. The molecule has 2 aliphatic heterocycles. The molecule has 6 aromatic rings. The molecule has 3 aliphatic rings. The van der Waals surface area contributed by atoms with Gasteiger partial charge in [0, 0.05) is 43.8 Å². The minimum atomic E-state index is -0.0211. The van der Waals surface area contributed by atoms with Crippen molar-refractivity contribution >= 4 is 78.1 Å². The van der Waals surface area contributed by atoms with Crippen LogP contribution in [0.4, 0.5) is 34.3 Å². The van der Waals surface area contributed by atoms with Crippen molar-refractivity contribution in [2.75, 3.05) is 9.80 Å². The van der Waals surface area contributed by atoms with E-state index in [1.54, 1.807) is 0 Å². The van der Waals surface area contributed by atoms with Crippen molar-refractivity contribution in [2.45, 2.75) is 150 Å². The van der Waals surface area contributed by atoms with Crippen LogP contribution in [0.3, 0.4) is 0 Å². The maximum Gasteiger partial charge on any atom is 0.266 e. The fraction of sp³-hybridized carbons (Fsp3) is 0.426. The van der Waals surface area contributed by atoms with Gasteiger partial charge in [-0.2, -0.15) is 0 Å². The normalized spacial score (nSPS) is 16.9. The molecule has 4 heterocycles. The summed E-state index contributed by atoms with van der Waals surface area (Å²) in [7, 11) is 0. The molecule has 2 aromatic heterocycles. The van der Waals surface area contributed by atoms with Crippen LogP contribution in [0.25, 0.3) is 10.1 Å². The van der Waals surface area contributed by atoms with Crippen LogP contribution < -0.4 is 25.5 Å². The van der Waals surface area contributed by atoms with Crippen LogP contribution in [0.2, 0.25) is 0 Å². The largest absolute Gasteiger partial charge is 0.311 e. The molecule has 3 nitrogen and oxygen atoms in total. The average Bonchev–Trinajstić information content (AvgIpc) is 3.59. The SMILES string of the molecule is CC(C)(C)c1cc(N2c3cc(C(C)(C)C)ccc3B3c4sc5ccc(C(C)(C)C)cc5c4N(c4ccc5c(c4)C(C)(C)CC5(C)C)c4nccc2c43)cc(C(C)(C)C)c1. The minimum Gasteiger partial charge on any atom is -0.311 e. The number of nitrogens with zero attached hydrogens (tertiary/aromatic N) is 3. The van der Waals surface area contributed by atoms with E-state index >= 15 is 0 Å². The maximum atomic E-state index is 5.46. The molecule has 4 aromatic carbocycles. The van der Waals surface area contributed by atoms with Crippen LogP contribution in [0.15, 0.2) is 85.1 Å². The Bertz CT molecular complexity index is 2670. The van der Waals surface area contributed by atoms with Gasteiger partial charge >= 0.3 is 0 Å². The van der Waals surface area contributed by atoms with Crippen LogP contribution in [0.5, 0.6) is 0 Å². The van der Waals surface area contributed by atoms with Crippen molar-refractivity contribution in [3.8, 4) is 0 Å². The van der Waals surface area contributed by atoms with Crippen LogP contribution >= 0.6 is 11.3 Å². The molecule has 0 saturated carbocycles. The third-order valence-corrected chi connectivity index (χ3v) is 14.9. The molecule has 1 aliphatic carbocycles. The summed E-state index contributed by atoms with van der Waals surface area (Å²) in [6, 6.07) is 31.5.